The normalized spacial score (nSPS) is 32.0. The van der Waals surface area contributed by atoms with Gasteiger partial charge in [-0.2, -0.15) is 0 Å². The highest BCUT2D eigenvalue weighted by atomic mass is 16.3. The summed E-state index contributed by atoms with van der Waals surface area (Å²) in [5, 5.41) is 10.6. The zero-order valence-corrected chi connectivity index (χ0v) is 8.74. The summed E-state index contributed by atoms with van der Waals surface area (Å²) in [6, 6.07) is 10.1. The van der Waals surface area contributed by atoms with Crippen LogP contribution in [0.2, 0.25) is 0 Å². The van der Waals surface area contributed by atoms with Crippen LogP contribution in [-0.2, 0) is 5.60 Å². The van der Waals surface area contributed by atoms with Crippen LogP contribution < -0.4 is 0 Å². The Morgan fingerprint density at radius 2 is 2.07 bits per heavy atom. The molecule has 14 heavy (non-hydrogen) atoms. The van der Waals surface area contributed by atoms with Crippen LogP contribution in [0.3, 0.4) is 0 Å². The van der Waals surface area contributed by atoms with E-state index >= 15 is 0 Å². The maximum atomic E-state index is 10.6. The minimum atomic E-state index is -0.546. The second-order valence-corrected chi connectivity index (χ2v) is 4.29. The summed E-state index contributed by atoms with van der Waals surface area (Å²) < 4.78 is 0. The molecular formula is C13H18O. The van der Waals surface area contributed by atoms with Gasteiger partial charge in [-0.1, -0.05) is 43.7 Å². The summed E-state index contributed by atoms with van der Waals surface area (Å²) >= 11 is 0. The van der Waals surface area contributed by atoms with Gasteiger partial charge in [-0.3, -0.25) is 0 Å². The van der Waals surface area contributed by atoms with E-state index in [0.717, 1.165) is 24.8 Å². The van der Waals surface area contributed by atoms with Crippen LogP contribution in [0.15, 0.2) is 30.3 Å². The molecule has 1 nitrogen and oxygen atoms in total. The van der Waals surface area contributed by atoms with Gasteiger partial charge in [-0.05, 0) is 30.7 Å². The zero-order valence-electron chi connectivity index (χ0n) is 8.74. The summed E-state index contributed by atoms with van der Waals surface area (Å²) in [7, 11) is 0. The maximum absolute atomic E-state index is 10.6. The molecule has 1 aliphatic rings. The van der Waals surface area contributed by atoms with Crippen molar-refractivity contribution < 1.29 is 5.11 Å². The van der Waals surface area contributed by atoms with E-state index in [1.165, 1.54) is 6.42 Å². The Morgan fingerprint density at radius 3 is 2.71 bits per heavy atom. The lowest BCUT2D eigenvalue weighted by Crippen LogP contribution is -2.29. The largest absolute Gasteiger partial charge is 0.385 e. The van der Waals surface area contributed by atoms with Gasteiger partial charge in [0.2, 0.25) is 0 Å². The number of benzene rings is 1. The molecule has 1 fully saturated rings. The van der Waals surface area contributed by atoms with E-state index in [9.17, 15) is 5.11 Å². The van der Waals surface area contributed by atoms with Crippen molar-refractivity contribution in [3.8, 4) is 0 Å². The van der Waals surface area contributed by atoms with E-state index in [1.807, 2.05) is 30.3 Å². The van der Waals surface area contributed by atoms with Gasteiger partial charge in [-0.15, -0.1) is 0 Å². The Balaban J connectivity index is 2.31. The third-order valence-corrected chi connectivity index (χ3v) is 3.55. The first-order valence-corrected chi connectivity index (χ1v) is 5.55. The average Bonchev–Trinajstić information content (AvgIpc) is 2.62. The van der Waals surface area contributed by atoms with E-state index in [-0.39, 0.29) is 0 Å². The van der Waals surface area contributed by atoms with Gasteiger partial charge in [0, 0.05) is 0 Å². The number of hydrogen-bond donors (Lipinski definition) is 1. The second kappa shape index (κ2) is 3.74. The Labute approximate surface area is 85.8 Å². The van der Waals surface area contributed by atoms with E-state index < -0.39 is 5.60 Å². The van der Waals surface area contributed by atoms with Gasteiger partial charge in [0.15, 0.2) is 0 Å². The van der Waals surface area contributed by atoms with Gasteiger partial charge in [0.05, 0.1) is 5.60 Å². The molecule has 0 unspecified atom stereocenters. The van der Waals surface area contributed by atoms with Crippen molar-refractivity contribution in [2.45, 2.75) is 38.2 Å². The van der Waals surface area contributed by atoms with Gasteiger partial charge < -0.3 is 5.11 Å². The van der Waals surface area contributed by atoms with Gasteiger partial charge >= 0.3 is 0 Å². The lowest BCUT2D eigenvalue weighted by Gasteiger charge is -2.30. The highest BCUT2D eigenvalue weighted by molar-refractivity contribution is 5.24. The van der Waals surface area contributed by atoms with Crippen molar-refractivity contribution in [3.63, 3.8) is 0 Å². The predicted molar refractivity (Wildman–Crippen MR) is 58.0 cm³/mol. The molecule has 0 heterocycles. The van der Waals surface area contributed by atoms with Crippen molar-refractivity contribution in [1.29, 1.82) is 0 Å². The van der Waals surface area contributed by atoms with Crippen LogP contribution in [0.25, 0.3) is 0 Å². The summed E-state index contributed by atoms with van der Waals surface area (Å²) in [6.07, 6.45) is 4.33. The van der Waals surface area contributed by atoms with Gasteiger partial charge in [0.25, 0.3) is 0 Å². The smallest absolute Gasteiger partial charge is 0.0924 e. The van der Waals surface area contributed by atoms with Crippen LogP contribution >= 0.6 is 0 Å². The molecule has 1 aromatic rings. The number of hydrogen-bond acceptors (Lipinski definition) is 1. The standard InChI is InChI=1S/C13H18O/c1-2-11-9-6-10-13(11,14)12-7-4-3-5-8-12/h3-5,7-8,11,14H,2,6,9-10H2,1H3/t11-,13+/m0/s1. The average molecular weight is 190 g/mol. The summed E-state index contributed by atoms with van der Waals surface area (Å²) in [6.45, 7) is 2.17. The van der Waals surface area contributed by atoms with Crippen molar-refractivity contribution in [3.05, 3.63) is 35.9 Å². The highest BCUT2D eigenvalue weighted by Gasteiger charge is 2.40. The monoisotopic (exact) mass is 190 g/mol. The number of aliphatic hydroxyl groups is 1. The molecule has 0 spiro atoms. The van der Waals surface area contributed by atoms with Crippen molar-refractivity contribution in [1.82, 2.24) is 0 Å². The molecule has 1 saturated carbocycles. The van der Waals surface area contributed by atoms with Crippen molar-refractivity contribution >= 4 is 0 Å². The Kier molecular flexibility index (Phi) is 2.60. The zero-order chi connectivity index (χ0) is 10.0. The Bertz CT molecular complexity index is 293. The van der Waals surface area contributed by atoms with Crippen LogP contribution in [-0.4, -0.2) is 5.11 Å². The molecular weight excluding hydrogens is 172 g/mol. The highest BCUT2D eigenvalue weighted by Crippen LogP contribution is 2.44. The van der Waals surface area contributed by atoms with Crippen molar-refractivity contribution in [2.75, 3.05) is 0 Å². The fourth-order valence-corrected chi connectivity index (χ4v) is 2.71. The molecule has 1 N–H and O–H groups in total. The molecule has 1 heteroatoms. The minimum absolute atomic E-state index is 0.449. The topological polar surface area (TPSA) is 20.2 Å². The third kappa shape index (κ3) is 1.46. The minimum Gasteiger partial charge on any atom is -0.385 e. The van der Waals surface area contributed by atoms with Crippen LogP contribution in [0.4, 0.5) is 0 Å². The molecule has 2 atom stereocenters. The Hall–Kier alpha value is -0.820. The Morgan fingerprint density at radius 1 is 1.36 bits per heavy atom. The molecule has 0 saturated heterocycles. The van der Waals surface area contributed by atoms with Gasteiger partial charge in [-0.25, -0.2) is 0 Å². The van der Waals surface area contributed by atoms with Crippen LogP contribution in [0.1, 0.15) is 38.2 Å². The van der Waals surface area contributed by atoms with E-state index in [0.29, 0.717) is 5.92 Å². The first kappa shape index (κ1) is 9.72. The van der Waals surface area contributed by atoms with E-state index in [1.54, 1.807) is 0 Å². The van der Waals surface area contributed by atoms with Gasteiger partial charge in [0.1, 0.15) is 0 Å². The SMILES string of the molecule is CC[C@H]1CCC[C@]1(O)c1ccccc1. The van der Waals surface area contributed by atoms with E-state index in [4.69, 9.17) is 0 Å². The molecule has 1 aliphatic carbocycles. The lowest BCUT2D eigenvalue weighted by atomic mass is 9.82. The van der Waals surface area contributed by atoms with E-state index in [2.05, 4.69) is 6.92 Å². The van der Waals surface area contributed by atoms with Crippen LogP contribution in [0.5, 0.6) is 0 Å². The molecule has 0 radical (unpaired) electrons. The predicted octanol–water partition coefficient (Wildman–Crippen LogP) is 3.08. The number of rotatable bonds is 2. The summed E-state index contributed by atoms with van der Waals surface area (Å²) in [5.74, 6) is 0.449. The summed E-state index contributed by atoms with van der Waals surface area (Å²) in [4.78, 5) is 0. The summed E-state index contributed by atoms with van der Waals surface area (Å²) in [5.41, 5.74) is 0.556. The first-order valence-electron chi connectivity index (χ1n) is 5.55. The molecule has 0 aromatic heterocycles. The molecule has 0 amide bonds. The van der Waals surface area contributed by atoms with Crippen LogP contribution in [0, 0.1) is 5.92 Å². The molecule has 0 bridgehead atoms. The third-order valence-electron chi connectivity index (χ3n) is 3.55. The molecule has 1 aromatic carbocycles. The molecule has 0 aliphatic heterocycles. The lowest BCUT2D eigenvalue weighted by molar-refractivity contribution is -0.00387. The fraction of sp³-hybridized carbons (Fsp3) is 0.538. The maximum Gasteiger partial charge on any atom is 0.0924 e. The first-order chi connectivity index (χ1) is 6.77. The quantitative estimate of drug-likeness (QED) is 0.759. The second-order valence-electron chi connectivity index (χ2n) is 4.29. The van der Waals surface area contributed by atoms with Crippen molar-refractivity contribution in [2.24, 2.45) is 5.92 Å². The molecule has 76 valence electrons. The fourth-order valence-electron chi connectivity index (χ4n) is 2.71. The molecule has 2 rings (SSSR count).